The van der Waals surface area contributed by atoms with E-state index in [1.165, 1.54) is 12.3 Å². The van der Waals surface area contributed by atoms with Gasteiger partial charge >= 0.3 is 11.9 Å². The lowest BCUT2D eigenvalue weighted by molar-refractivity contribution is 0.0696. The fourth-order valence-electron chi connectivity index (χ4n) is 2.95. The van der Waals surface area contributed by atoms with Gasteiger partial charge in [0.05, 0.1) is 11.8 Å². The number of carbonyl (C=O) groups excluding carboxylic acids is 1. The summed E-state index contributed by atoms with van der Waals surface area (Å²) in [5.41, 5.74) is 2.35. The Morgan fingerprint density at radius 3 is 2.62 bits per heavy atom. The SMILES string of the molecule is Cc1cc(C(=O)O)ccc1-c1ccc(C=NC(=O)c2cc3cc(Br)ccc3o2)o1. The van der Waals surface area contributed by atoms with Crippen LogP contribution >= 0.6 is 15.9 Å². The molecule has 6 nitrogen and oxygen atoms in total. The summed E-state index contributed by atoms with van der Waals surface area (Å²) >= 11 is 3.38. The number of carbonyl (C=O) groups is 2. The van der Waals surface area contributed by atoms with Crippen LogP contribution in [0, 0.1) is 6.92 Å². The number of carboxylic acids is 1. The highest BCUT2D eigenvalue weighted by Crippen LogP contribution is 2.26. The van der Waals surface area contributed by atoms with E-state index in [1.54, 1.807) is 36.4 Å². The number of benzene rings is 2. The summed E-state index contributed by atoms with van der Waals surface area (Å²) in [5.74, 6) is -0.405. The molecule has 0 radical (unpaired) electrons. The largest absolute Gasteiger partial charge is 0.478 e. The van der Waals surface area contributed by atoms with Crippen molar-refractivity contribution in [3.63, 3.8) is 0 Å². The average Bonchev–Trinajstić information content (AvgIpc) is 3.32. The maximum Gasteiger partial charge on any atom is 0.335 e. The van der Waals surface area contributed by atoms with E-state index in [4.69, 9.17) is 13.9 Å². The lowest BCUT2D eigenvalue weighted by Crippen LogP contribution is -1.96. The second-order valence-corrected chi connectivity index (χ2v) is 7.31. The summed E-state index contributed by atoms with van der Waals surface area (Å²) < 4.78 is 12.1. The molecule has 0 aliphatic carbocycles. The number of aliphatic imine (C=N–C) groups is 1. The number of fused-ring (bicyclic) bond motifs is 1. The molecule has 2 aromatic carbocycles. The van der Waals surface area contributed by atoms with Crippen molar-refractivity contribution in [2.75, 3.05) is 0 Å². The number of amides is 1. The van der Waals surface area contributed by atoms with E-state index in [-0.39, 0.29) is 11.3 Å². The van der Waals surface area contributed by atoms with E-state index in [0.29, 0.717) is 17.1 Å². The third-order valence-corrected chi connectivity index (χ3v) is 4.86. The monoisotopic (exact) mass is 451 g/mol. The van der Waals surface area contributed by atoms with Crippen LogP contribution in [-0.4, -0.2) is 23.2 Å². The zero-order valence-corrected chi connectivity index (χ0v) is 16.8. The number of carboxylic acid groups (broad SMARTS) is 1. The number of nitrogens with zero attached hydrogens (tertiary/aromatic N) is 1. The molecule has 0 bridgehead atoms. The molecule has 0 unspecified atom stereocenters. The normalized spacial score (nSPS) is 11.4. The summed E-state index contributed by atoms with van der Waals surface area (Å²) in [6.07, 6.45) is 1.33. The van der Waals surface area contributed by atoms with E-state index >= 15 is 0 Å². The fraction of sp³-hybridized carbons (Fsp3) is 0.0455. The summed E-state index contributed by atoms with van der Waals surface area (Å²) in [6.45, 7) is 1.81. The van der Waals surface area contributed by atoms with E-state index in [9.17, 15) is 9.59 Å². The van der Waals surface area contributed by atoms with Gasteiger partial charge in [0.2, 0.25) is 0 Å². The van der Waals surface area contributed by atoms with Crippen LogP contribution in [0.3, 0.4) is 0 Å². The topological polar surface area (TPSA) is 93.0 Å². The molecule has 2 aromatic heterocycles. The molecule has 0 fully saturated rings. The second kappa shape index (κ2) is 7.52. The Hall–Kier alpha value is -3.45. The van der Waals surface area contributed by atoms with Crippen LogP contribution in [0.25, 0.3) is 22.3 Å². The highest BCUT2D eigenvalue weighted by molar-refractivity contribution is 9.10. The summed E-state index contributed by atoms with van der Waals surface area (Å²) in [7, 11) is 0. The molecule has 29 heavy (non-hydrogen) atoms. The number of halogens is 1. The maximum atomic E-state index is 12.3. The van der Waals surface area contributed by atoms with Crippen LogP contribution in [0.2, 0.25) is 0 Å². The first-order chi connectivity index (χ1) is 13.9. The average molecular weight is 452 g/mol. The van der Waals surface area contributed by atoms with Gasteiger partial charge in [0.1, 0.15) is 17.1 Å². The van der Waals surface area contributed by atoms with Crippen molar-refractivity contribution in [1.29, 1.82) is 0 Å². The number of aryl methyl sites for hydroxylation is 1. The number of rotatable bonds is 4. The van der Waals surface area contributed by atoms with Crippen molar-refractivity contribution in [3.05, 3.63) is 81.7 Å². The maximum absolute atomic E-state index is 12.3. The first-order valence-electron chi connectivity index (χ1n) is 8.62. The zero-order valence-electron chi connectivity index (χ0n) is 15.2. The van der Waals surface area contributed by atoms with Crippen LogP contribution in [0.5, 0.6) is 0 Å². The van der Waals surface area contributed by atoms with Gasteiger partial charge in [0, 0.05) is 15.4 Å². The van der Waals surface area contributed by atoms with Crippen LogP contribution in [0.15, 0.2) is 72.9 Å². The molecule has 0 aliphatic rings. The molecule has 0 spiro atoms. The van der Waals surface area contributed by atoms with E-state index in [2.05, 4.69) is 20.9 Å². The first-order valence-corrected chi connectivity index (χ1v) is 9.41. The molecular weight excluding hydrogens is 438 g/mol. The van der Waals surface area contributed by atoms with Gasteiger partial charge in [-0.15, -0.1) is 0 Å². The lowest BCUT2D eigenvalue weighted by atomic mass is 10.0. The Labute approximate surface area is 173 Å². The minimum Gasteiger partial charge on any atom is -0.478 e. The van der Waals surface area contributed by atoms with Gasteiger partial charge in [-0.2, -0.15) is 0 Å². The Kier molecular flexibility index (Phi) is 4.90. The van der Waals surface area contributed by atoms with Crippen LogP contribution in [0.1, 0.15) is 32.2 Å². The molecular formula is C22H14BrNO5. The first kappa shape index (κ1) is 18.9. The molecule has 0 aliphatic heterocycles. The highest BCUT2D eigenvalue weighted by atomic mass is 79.9. The summed E-state index contributed by atoms with van der Waals surface area (Å²) in [6, 6.07) is 15.3. The molecule has 7 heteroatoms. The van der Waals surface area contributed by atoms with Gasteiger partial charge in [-0.3, -0.25) is 4.79 Å². The Morgan fingerprint density at radius 1 is 1.03 bits per heavy atom. The fourth-order valence-corrected chi connectivity index (χ4v) is 3.32. The lowest BCUT2D eigenvalue weighted by Gasteiger charge is -2.03. The predicted molar refractivity (Wildman–Crippen MR) is 112 cm³/mol. The standard InChI is InChI=1S/C22H14BrNO5/c1-12-8-13(22(26)27)2-5-17(12)19-7-4-16(28-19)11-24-21(25)20-10-14-9-15(23)3-6-18(14)29-20/h2-11H,1H3,(H,26,27). The number of furan rings is 2. The molecule has 4 aromatic rings. The van der Waals surface area contributed by atoms with Crippen LogP contribution < -0.4 is 0 Å². The molecule has 4 rings (SSSR count). The van der Waals surface area contributed by atoms with Crippen molar-refractivity contribution >= 4 is 45.0 Å². The second-order valence-electron chi connectivity index (χ2n) is 6.39. The molecule has 1 amide bonds. The zero-order chi connectivity index (χ0) is 20.5. The quantitative estimate of drug-likeness (QED) is 0.400. The van der Waals surface area contributed by atoms with Crippen LogP contribution in [-0.2, 0) is 0 Å². The number of hydrogen-bond donors (Lipinski definition) is 1. The van der Waals surface area contributed by atoms with Crippen molar-refractivity contribution in [1.82, 2.24) is 0 Å². The van der Waals surface area contributed by atoms with Gasteiger partial charge in [0.25, 0.3) is 0 Å². The van der Waals surface area contributed by atoms with Gasteiger partial charge in [-0.1, -0.05) is 22.0 Å². The van der Waals surface area contributed by atoms with Crippen molar-refractivity contribution in [2.24, 2.45) is 4.99 Å². The van der Waals surface area contributed by atoms with Gasteiger partial charge in [-0.05, 0) is 61.0 Å². The van der Waals surface area contributed by atoms with Crippen molar-refractivity contribution < 1.29 is 23.5 Å². The highest BCUT2D eigenvalue weighted by Gasteiger charge is 2.13. The van der Waals surface area contributed by atoms with E-state index < -0.39 is 11.9 Å². The van der Waals surface area contributed by atoms with E-state index in [1.807, 2.05) is 19.1 Å². The van der Waals surface area contributed by atoms with Gasteiger partial charge < -0.3 is 13.9 Å². The number of aromatic carboxylic acids is 1. The molecule has 0 saturated heterocycles. The summed E-state index contributed by atoms with van der Waals surface area (Å²) in [4.78, 5) is 27.3. The predicted octanol–water partition coefficient (Wildman–Crippen LogP) is 5.72. The van der Waals surface area contributed by atoms with Crippen molar-refractivity contribution in [3.8, 4) is 11.3 Å². The Morgan fingerprint density at radius 2 is 1.86 bits per heavy atom. The molecule has 1 N–H and O–H groups in total. The van der Waals surface area contributed by atoms with Gasteiger partial charge in [0.15, 0.2) is 5.76 Å². The Bertz CT molecular complexity index is 1280. The van der Waals surface area contributed by atoms with E-state index in [0.717, 1.165) is 21.0 Å². The third kappa shape index (κ3) is 3.90. The minimum absolute atomic E-state index is 0.140. The molecule has 144 valence electrons. The number of hydrogen-bond acceptors (Lipinski definition) is 4. The smallest absolute Gasteiger partial charge is 0.335 e. The third-order valence-electron chi connectivity index (χ3n) is 4.36. The van der Waals surface area contributed by atoms with Crippen molar-refractivity contribution in [2.45, 2.75) is 6.92 Å². The summed E-state index contributed by atoms with van der Waals surface area (Å²) in [5, 5.41) is 9.87. The van der Waals surface area contributed by atoms with Crippen LogP contribution in [0.4, 0.5) is 0 Å². The van der Waals surface area contributed by atoms with Gasteiger partial charge in [-0.25, -0.2) is 9.79 Å². The molecule has 2 heterocycles. The minimum atomic E-state index is -0.983. The Balaban J connectivity index is 1.54. The molecule has 0 saturated carbocycles. The molecule has 0 atom stereocenters.